The molecular weight excluding hydrogens is 382 g/mol. The van der Waals surface area contributed by atoms with E-state index in [1.54, 1.807) is 6.20 Å². The summed E-state index contributed by atoms with van der Waals surface area (Å²) in [6, 6.07) is 9.94. The van der Waals surface area contributed by atoms with Crippen molar-refractivity contribution in [3.63, 3.8) is 0 Å². The third-order valence-electron chi connectivity index (χ3n) is 6.44. The topological polar surface area (TPSA) is 64.0 Å². The summed E-state index contributed by atoms with van der Waals surface area (Å²) in [6.45, 7) is 6.69. The fourth-order valence-corrected chi connectivity index (χ4v) is 6.85. The van der Waals surface area contributed by atoms with E-state index >= 15 is 0 Å². The highest BCUT2D eigenvalue weighted by molar-refractivity contribution is 7.89. The lowest BCUT2D eigenvalue weighted by molar-refractivity contribution is 0.163. The molecule has 2 unspecified atom stereocenters. The molecule has 1 aromatic carbocycles. The van der Waals surface area contributed by atoms with Gasteiger partial charge in [0.25, 0.3) is 0 Å². The first-order valence-electron chi connectivity index (χ1n) is 10.9. The van der Waals surface area contributed by atoms with Crippen molar-refractivity contribution in [2.24, 2.45) is 11.3 Å². The van der Waals surface area contributed by atoms with Crippen molar-refractivity contribution in [1.29, 1.82) is 0 Å². The van der Waals surface area contributed by atoms with Gasteiger partial charge in [0.05, 0.1) is 6.04 Å². The molecule has 158 valence electrons. The lowest BCUT2D eigenvalue weighted by atomic mass is 9.71. The van der Waals surface area contributed by atoms with Crippen LogP contribution in [0.15, 0.2) is 41.4 Å². The van der Waals surface area contributed by atoms with Crippen LogP contribution in [0.1, 0.15) is 71.8 Å². The summed E-state index contributed by atoms with van der Waals surface area (Å²) >= 11 is 0. The van der Waals surface area contributed by atoms with E-state index in [4.69, 9.17) is 5.10 Å². The third kappa shape index (κ3) is 4.58. The number of sulfonamides is 1. The summed E-state index contributed by atoms with van der Waals surface area (Å²) in [7, 11) is -3.65. The van der Waals surface area contributed by atoms with Crippen LogP contribution in [0.2, 0.25) is 0 Å². The predicted octanol–water partition coefficient (Wildman–Crippen LogP) is 5.16. The number of nitrogens with one attached hydrogen (secondary N) is 1. The summed E-state index contributed by atoms with van der Waals surface area (Å²) in [5.41, 5.74) is 1.57. The smallest absolute Gasteiger partial charge is 0.244 e. The second-order valence-electron chi connectivity index (χ2n) is 9.86. The van der Waals surface area contributed by atoms with Crippen LogP contribution in [-0.2, 0) is 10.0 Å². The Kier molecular flexibility index (Phi) is 5.60. The Balaban J connectivity index is 1.68. The highest BCUT2D eigenvalue weighted by Crippen LogP contribution is 2.39. The number of benzene rings is 1. The van der Waals surface area contributed by atoms with Gasteiger partial charge in [0.1, 0.15) is 10.6 Å². The summed E-state index contributed by atoms with van der Waals surface area (Å²) < 4.78 is 31.9. The number of nitrogens with zero attached hydrogens (tertiary/aromatic N) is 2. The van der Waals surface area contributed by atoms with E-state index in [-0.39, 0.29) is 11.5 Å². The summed E-state index contributed by atoms with van der Waals surface area (Å²) in [4.78, 5) is 0.312. The monoisotopic (exact) mass is 415 g/mol. The van der Waals surface area contributed by atoms with Gasteiger partial charge in [0.15, 0.2) is 0 Å². The van der Waals surface area contributed by atoms with Crippen molar-refractivity contribution < 1.29 is 8.42 Å². The fourth-order valence-electron chi connectivity index (χ4n) is 5.44. The van der Waals surface area contributed by atoms with Gasteiger partial charge in [0, 0.05) is 17.8 Å². The molecule has 5 nitrogen and oxygen atoms in total. The van der Waals surface area contributed by atoms with Gasteiger partial charge in [-0.05, 0) is 43.4 Å². The second-order valence-corrected chi connectivity index (χ2v) is 11.5. The van der Waals surface area contributed by atoms with E-state index in [2.05, 4.69) is 25.5 Å². The molecule has 2 atom stereocenters. The average molecular weight is 416 g/mol. The number of hydrogen-bond acceptors (Lipinski definition) is 3. The molecule has 0 amide bonds. The maximum atomic E-state index is 13.5. The van der Waals surface area contributed by atoms with Gasteiger partial charge >= 0.3 is 0 Å². The molecule has 6 heteroatoms. The van der Waals surface area contributed by atoms with E-state index in [1.807, 2.05) is 35.0 Å². The summed E-state index contributed by atoms with van der Waals surface area (Å²) in [5.74, 6) is 0.515. The minimum absolute atomic E-state index is 0.0304. The molecule has 2 aliphatic carbocycles. The Morgan fingerprint density at radius 3 is 2.45 bits per heavy atom. The van der Waals surface area contributed by atoms with Crippen LogP contribution in [0.25, 0.3) is 11.3 Å². The molecule has 2 saturated carbocycles. The molecule has 1 N–H and O–H groups in total. The fraction of sp³-hybridized carbons (Fsp3) is 0.609. The summed E-state index contributed by atoms with van der Waals surface area (Å²) in [6.07, 6.45) is 9.15. The van der Waals surface area contributed by atoms with Gasteiger partial charge in [-0.25, -0.2) is 13.1 Å². The maximum absolute atomic E-state index is 13.5. The normalized spacial score (nSPS) is 25.3. The first kappa shape index (κ1) is 20.6. The van der Waals surface area contributed by atoms with Gasteiger partial charge < -0.3 is 0 Å². The highest BCUT2D eigenvalue weighted by atomic mass is 32.2. The highest BCUT2D eigenvalue weighted by Gasteiger charge is 2.35. The van der Waals surface area contributed by atoms with Crippen molar-refractivity contribution in [3.05, 3.63) is 36.5 Å². The van der Waals surface area contributed by atoms with E-state index in [0.29, 0.717) is 22.5 Å². The maximum Gasteiger partial charge on any atom is 0.244 e. The lowest BCUT2D eigenvalue weighted by Gasteiger charge is -2.39. The second kappa shape index (κ2) is 7.88. The zero-order chi connectivity index (χ0) is 20.6. The summed E-state index contributed by atoms with van der Waals surface area (Å²) in [5, 5.41) is 4.76. The van der Waals surface area contributed by atoms with Crippen LogP contribution < -0.4 is 4.72 Å². The van der Waals surface area contributed by atoms with E-state index in [0.717, 1.165) is 37.7 Å². The van der Waals surface area contributed by atoms with Gasteiger partial charge in [-0.1, -0.05) is 63.9 Å². The average Bonchev–Trinajstić information content (AvgIpc) is 3.30. The van der Waals surface area contributed by atoms with Crippen molar-refractivity contribution in [2.75, 3.05) is 0 Å². The molecule has 0 radical (unpaired) electrons. The zero-order valence-corrected chi connectivity index (χ0v) is 18.6. The quantitative estimate of drug-likeness (QED) is 0.734. The van der Waals surface area contributed by atoms with Crippen LogP contribution in [0.5, 0.6) is 0 Å². The van der Waals surface area contributed by atoms with E-state index in [9.17, 15) is 8.42 Å². The largest absolute Gasteiger partial charge is 0.268 e. The van der Waals surface area contributed by atoms with Crippen molar-refractivity contribution >= 4 is 10.0 Å². The minimum atomic E-state index is -3.65. The molecular formula is C23H33N3O2S. The molecule has 0 bridgehead atoms. The number of hydrogen-bond donors (Lipinski definition) is 1. The Labute approximate surface area is 175 Å². The molecule has 4 rings (SSSR count). The van der Waals surface area contributed by atoms with Crippen molar-refractivity contribution in [3.8, 4) is 11.3 Å². The van der Waals surface area contributed by atoms with Crippen LogP contribution in [0, 0.1) is 11.3 Å². The van der Waals surface area contributed by atoms with Gasteiger partial charge in [-0.2, -0.15) is 5.10 Å². The van der Waals surface area contributed by atoms with Crippen LogP contribution in [0.4, 0.5) is 0 Å². The van der Waals surface area contributed by atoms with Crippen molar-refractivity contribution in [2.45, 2.75) is 82.7 Å². The van der Waals surface area contributed by atoms with Crippen LogP contribution in [0.3, 0.4) is 0 Å². The van der Waals surface area contributed by atoms with Crippen molar-refractivity contribution in [1.82, 2.24) is 14.5 Å². The van der Waals surface area contributed by atoms with Gasteiger partial charge in [-0.3, -0.25) is 4.68 Å². The predicted molar refractivity (Wildman–Crippen MR) is 116 cm³/mol. The molecule has 1 heterocycles. The van der Waals surface area contributed by atoms with Gasteiger partial charge in [-0.15, -0.1) is 0 Å². The SMILES string of the molecule is CC1CC(NS(=O)(=O)c2cn(C3CCCC3)nc2-c2ccccc2)CC(C)(C)C1. The Morgan fingerprint density at radius 1 is 1.10 bits per heavy atom. The third-order valence-corrected chi connectivity index (χ3v) is 7.96. The molecule has 2 aliphatic rings. The Bertz CT molecular complexity index is 944. The molecule has 2 aromatic rings. The number of aromatic nitrogens is 2. The zero-order valence-electron chi connectivity index (χ0n) is 17.8. The standard InChI is InChI=1S/C23H33N3O2S/c1-17-13-19(15-23(2,3)14-17)25-29(27,28)21-16-26(20-11-7-8-12-20)24-22(21)18-9-5-4-6-10-18/h4-6,9-10,16-17,19-20,25H,7-8,11-15H2,1-3H3. The van der Waals surface area contributed by atoms with E-state index in [1.165, 1.54) is 12.8 Å². The molecule has 29 heavy (non-hydrogen) atoms. The Hall–Kier alpha value is -1.66. The molecule has 0 aliphatic heterocycles. The van der Waals surface area contributed by atoms with Gasteiger partial charge in [0.2, 0.25) is 10.0 Å². The van der Waals surface area contributed by atoms with Crippen LogP contribution >= 0.6 is 0 Å². The minimum Gasteiger partial charge on any atom is -0.268 e. The molecule has 2 fully saturated rings. The molecule has 0 spiro atoms. The molecule has 1 aromatic heterocycles. The van der Waals surface area contributed by atoms with Crippen LogP contribution in [-0.4, -0.2) is 24.2 Å². The number of rotatable bonds is 5. The Morgan fingerprint density at radius 2 is 1.79 bits per heavy atom. The first-order chi connectivity index (χ1) is 13.7. The van der Waals surface area contributed by atoms with E-state index < -0.39 is 10.0 Å². The lowest BCUT2D eigenvalue weighted by Crippen LogP contribution is -2.42. The first-order valence-corrected chi connectivity index (χ1v) is 12.4. The molecule has 0 saturated heterocycles.